The van der Waals surface area contributed by atoms with Crippen LogP contribution in [0.3, 0.4) is 0 Å². The summed E-state index contributed by atoms with van der Waals surface area (Å²) in [5, 5.41) is 2.93. The van der Waals surface area contributed by atoms with Crippen LogP contribution in [0.15, 0.2) is 81.6 Å². The van der Waals surface area contributed by atoms with E-state index in [-0.39, 0.29) is 46.0 Å². The van der Waals surface area contributed by atoms with E-state index >= 15 is 0 Å². The average molecular weight is 678 g/mol. The SMILES string of the molecule is CNC(=O)c1c(-c2ccc(F)cc2)oc2cc(NS(=O)(=O)CCC(C)(C)F)c(-c3ccc(OC)c(-c4nc5c(F)cccc5o4)c3)cc12. The summed E-state index contributed by atoms with van der Waals surface area (Å²) >= 11 is 0. The van der Waals surface area contributed by atoms with Gasteiger partial charge < -0.3 is 18.9 Å². The van der Waals surface area contributed by atoms with Crippen LogP contribution in [0.5, 0.6) is 5.75 Å². The minimum Gasteiger partial charge on any atom is -0.496 e. The number of nitrogens with one attached hydrogen (secondary N) is 2. The molecule has 2 heterocycles. The fourth-order valence-corrected chi connectivity index (χ4v) is 6.65. The van der Waals surface area contributed by atoms with E-state index in [1.54, 1.807) is 30.3 Å². The van der Waals surface area contributed by atoms with Crippen molar-refractivity contribution in [1.29, 1.82) is 0 Å². The molecule has 13 heteroatoms. The Labute approximate surface area is 273 Å². The molecule has 6 aromatic rings. The molecule has 0 atom stereocenters. The highest BCUT2D eigenvalue weighted by atomic mass is 32.2. The van der Waals surface area contributed by atoms with Gasteiger partial charge in [-0.05, 0) is 80.4 Å². The van der Waals surface area contributed by atoms with Crippen molar-refractivity contribution in [3.05, 3.63) is 90.0 Å². The van der Waals surface area contributed by atoms with E-state index < -0.39 is 39.0 Å². The van der Waals surface area contributed by atoms with E-state index in [0.717, 1.165) is 0 Å². The number of halogens is 3. The van der Waals surface area contributed by atoms with Gasteiger partial charge in [0.1, 0.15) is 34.1 Å². The number of ether oxygens (including phenoxy) is 1. The second-order valence-corrected chi connectivity index (χ2v) is 13.5. The number of nitrogens with zero attached hydrogens (tertiary/aromatic N) is 1. The number of amides is 1. The molecule has 0 spiro atoms. The molecule has 4 aromatic carbocycles. The summed E-state index contributed by atoms with van der Waals surface area (Å²) in [4.78, 5) is 17.6. The minimum atomic E-state index is -4.10. The van der Waals surface area contributed by atoms with Crippen molar-refractivity contribution in [2.24, 2.45) is 0 Å². The van der Waals surface area contributed by atoms with Crippen molar-refractivity contribution >= 4 is 43.7 Å². The molecule has 0 saturated carbocycles. The molecule has 0 bridgehead atoms. The zero-order chi connectivity index (χ0) is 34.4. The molecule has 6 rings (SSSR count). The Balaban J connectivity index is 1.59. The topological polar surface area (TPSA) is 124 Å². The Morgan fingerprint density at radius 2 is 1.67 bits per heavy atom. The molecule has 0 fully saturated rings. The van der Waals surface area contributed by atoms with Crippen molar-refractivity contribution in [3.8, 4) is 39.7 Å². The summed E-state index contributed by atoms with van der Waals surface area (Å²) < 4.78 is 89.3. The second-order valence-electron chi connectivity index (χ2n) is 11.7. The third-order valence-corrected chi connectivity index (χ3v) is 9.00. The fourth-order valence-electron chi connectivity index (χ4n) is 5.29. The summed E-state index contributed by atoms with van der Waals surface area (Å²) in [6, 6.07) is 17.6. The van der Waals surface area contributed by atoms with Crippen LogP contribution < -0.4 is 14.8 Å². The molecule has 0 aliphatic rings. The zero-order valence-electron chi connectivity index (χ0n) is 26.3. The number of fused-ring (bicyclic) bond motifs is 2. The van der Waals surface area contributed by atoms with Gasteiger partial charge in [0.2, 0.25) is 15.9 Å². The monoisotopic (exact) mass is 677 g/mol. The summed E-state index contributed by atoms with van der Waals surface area (Å²) in [6.45, 7) is 2.58. The molecule has 9 nitrogen and oxygen atoms in total. The first-order valence-corrected chi connectivity index (χ1v) is 16.4. The number of rotatable bonds is 10. The standard InChI is InChI=1S/C35H30F3N3O6S/c1-35(2,38)14-15-48(43,44)41-26-18-29-23(30(33(42)39-3)32(46-29)19-8-11-21(36)12-9-19)17-22(26)20-10-13-27(45-4)24(16-20)34-40-31-25(37)6-5-7-28(31)47-34/h5-13,16-18,41H,14-15H2,1-4H3,(H,39,42). The van der Waals surface area contributed by atoms with E-state index in [1.165, 1.54) is 70.5 Å². The summed E-state index contributed by atoms with van der Waals surface area (Å²) in [5.74, 6) is -1.54. The van der Waals surface area contributed by atoms with Crippen LogP contribution in [0.4, 0.5) is 18.9 Å². The van der Waals surface area contributed by atoms with E-state index in [4.69, 9.17) is 13.6 Å². The van der Waals surface area contributed by atoms with Crippen molar-refractivity contribution in [3.63, 3.8) is 0 Å². The van der Waals surface area contributed by atoms with Gasteiger partial charge in [0.05, 0.1) is 29.7 Å². The van der Waals surface area contributed by atoms with Crippen LogP contribution in [-0.4, -0.2) is 44.9 Å². The van der Waals surface area contributed by atoms with Crippen molar-refractivity contribution in [2.45, 2.75) is 25.9 Å². The molecule has 48 heavy (non-hydrogen) atoms. The first-order chi connectivity index (χ1) is 22.8. The second kappa shape index (κ2) is 12.4. The molecule has 2 aromatic heterocycles. The number of carbonyl (C=O) groups is 1. The lowest BCUT2D eigenvalue weighted by Gasteiger charge is -2.17. The molecular formula is C35H30F3N3O6S. The number of alkyl halides is 1. The largest absolute Gasteiger partial charge is 0.496 e. The summed E-state index contributed by atoms with van der Waals surface area (Å²) in [5.41, 5.74) is 0.359. The molecule has 0 saturated heterocycles. The van der Waals surface area contributed by atoms with Crippen LogP contribution in [0.1, 0.15) is 30.6 Å². The maximum Gasteiger partial charge on any atom is 0.255 e. The van der Waals surface area contributed by atoms with E-state index in [2.05, 4.69) is 15.0 Å². The highest BCUT2D eigenvalue weighted by Crippen LogP contribution is 2.42. The number of anilines is 1. The van der Waals surface area contributed by atoms with Crippen molar-refractivity contribution < 1.29 is 40.0 Å². The van der Waals surface area contributed by atoms with E-state index in [0.29, 0.717) is 33.4 Å². The van der Waals surface area contributed by atoms with Gasteiger partial charge in [-0.1, -0.05) is 12.1 Å². The Morgan fingerprint density at radius 3 is 2.33 bits per heavy atom. The number of methoxy groups -OCH3 is 1. The zero-order valence-corrected chi connectivity index (χ0v) is 27.1. The molecule has 248 valence electrons. The quantitative estimate of drug-likeness (QED) is 0.150. The Kier molecular flexibility index (Phi) is 8.42. The number of carbonyl (C=O) groups excluding carboxylic acids is 1. The third-order valence-electron chi connectivity index (χ3n) is 7.73. The van der Waals surface area contributed by atoms with Crippen molar-refractivity contribution in [1.82, 2.24) is 10.3 Å². The number of aromatic nitrogens is 1. The molecule has 1 amide bonds. The van der Waals surface area contributed by atoms with Gasteiger partial charge >= 0.3 is 0 Å². The van der Waals surface area contributed by atoms with Crippen LogP contribution in [0, 0.1) is 11.6 Å². The first-order valence-electron chi connectivity index (χ1n) is 14.8. The number of oxazole rings is 1. The average Bonchev–Trinajstić information content (AvgIpc) is 3.65. The number of hydrogen-bond donors (Lipinski definition) is 2. The number of hydrogen-bond acceptors (Lipinski definition) is 7. The van der Waals surface area contributed by atoms with Crippen LogP contribution in [0.25, 0.3) is 56.0 Å². The Bertz CT molecular complexity index is 2290. The number of para-hydroxylation sites is 1. The van der Waals surface area contributed by atoms with Gasteiger partial charge in [-0.3, -0.25) is 9.52 Å². The van der Waals surface area contributed by atoms with E-state index in [9.17, 15) is 26.4 Å². The number of furan rings is 1. The van der Waals surface area contributed by atoms with Crippen LogP contribution in [0.2, 0.25) is 0 Å². The summed E-state index contributed by atoms with van der Waals surface area (Å²) in [7, 11) is -1.20. The molecule has 0 unspecified atom stereocenters. The molecule has 2 N–H and O–H groups in total. The van der Waals surface area contributed by atoms with Gasteiger partial charge in [-0.15, -0.1) is 0 Å². The highest BCUT2D eigenvalue weighted by Gasteiger charge is 2.27. The lowest BCUT2D eigenvalue weighted by molar-refractivity contribution is 0.0964. The summed E-state index contributed by atoms with van der Waals surface area (Å²) in [6.07, 6.45) is -0.267. The van der Waals surface area contributed by atoms with Gasteiger partial charge in [0.15, 0.2) is 11.4 Å². The van der Waals surface area contributed by atoms with Gasteiger partial charge in [0, 0.05) is 29.6 Å². The predicted molar refractivity (Wildman–Crippen MR) is 177 cm³/mol. The van der Waals surface area contributed by atoms with Crippen molar-refractivity contribution in [2.75, 3.05) is 24.6 Å². The Morgan fingerprint density at radius 1 is 0.938 bits per heavy atom. The smallest absolute Gasteiger partial charge is 0.255 e. The van der Waals surface area contributed by atoms with Gasteiger partial charge in [-0.25, -0.2) is 26.6 Å². The molecular weight excluding hydrogens is 647 g/mol. The minimum absolute atomic E-state index is 0.0209. The lowest BCUT2D eigenvalue weighted by Crippen LogP contribution is -2.23. The number of sulfonamides is 1. The van der Waals surface area contributed by atoms with Crippen LogP contribution >= 0.6 is 0 Å². The molecule has 0 aliphatic heterocycles. The maximum atomic E-state index is 14.5. The van der Waals surface area contributed by atoms with Crippen LogP contribution in [-0.2, 0) is 10.0 Å². The highest BCUT2D eigenvalue weighted by molar-refractivity contribution is 7.92. The normalized spacial score (nSPS) is 12.1. The fraction of sp³-hybridized carbons (Fsp3) is 0.200. The Hall–Kier alpha value is -5.30. The van der Waals surface area contributed by atoms with Gasteiger partial charge in [-0.2, -0.15) is 0 Å². The first kappa shape index (κ1) is 32.6. The maximum absolute atomic E-state index is 14.5. The van der Waals surface area contributed by atoms with Gasteiger partial charge in [0.25, 0.3) is 5.91 Å². The number of benzene rings is 4. The predicted octanol–water partition coefficient (Wildman–Crippen LogP) is 8.10. The third kappa shape index (κ3) is 6.45. The molecule has 0 aliphatic carbocycles. The lowest BCUT2D eigenvalue weighted by atomic mass is 9.97. The van der Waals surface area contributed by atoms with E-state index in [1.807, 2.05) is 0 Å². The molecule has 0 radical (unpaired) electrons.